The Kier molecular flexibility index (Phi) is 5.01. The van der Waals surface area contributed by atoms with E-state index in [9.17, 15) is 19.2 Å². The Morgan fingerprint density at radius 3 is 2.59 bits per heavy atom. The Hall–Kier alpha value is -2.74. The van der Waals surface area contributed by atoms with Crippen molar-refractivity contribution in [2.24, 2.45) is 0 Å². The third-order valence-corrected chi connectivity index (χ3v) is 5.21. The molecule has 1 aromatic rings. The zero-order valence-corrected chi connectivity index (χ0v) is 15.7. The van der Waals surface area contributed by atoms with E-state index in [0.29, 0.717) is 12.2 Å². The van der Waals surface area contributed by atoms with Gasteiger partial charge in [-0.1, -0.05) is 6.07 Å². The van der Waals surface area contributed by atoms with Crippen LogP contribution in [0.25, 0.3) is 0 Å². The quantitative estimate of drug-likeness (QED) is 0.640. The van der Waals surface area contributed by atoms with E-state index in [2.05, 4.69) is 29.8 Å². The molecule has 144 valence electrons. The lowest BCUT2D eigenvalue weighted by molar-refractivity contribution is -0.136. The Labute approximate surface area is 157 Å². The molecule has 1 unspecified atom stereocenters. The van der Waals surface area contributed by atoms with E-state index in [1.165, 1.54) is 0 Å². The van der Waals surface area contributed by atoms with Gasteiger partial charge >= 0.3 is 0 Å². The van der Waals surface area contributed by atoms with E-state index >= 15 is 0 Å². The highest BCUT2D eigenvalue weighted by Gasteiger charge is 2.45. The molecule has 2 aliphatic heterocycles. The largest absolute Gasteiger partial charge is 0.384 e. The highest BCUT2D eigenvalue weighted by molar-refractivity contribution is 6.25. The van der Waals surface area contributed by atoms with E-state index in [1.54, 1.807) is 18.2 Å². The van der Waals surface area contributed by atoms with E-state index in [-0.39, 0.29) is 35.4 Å². The number of amides is 4. The summed E-state index contributed by atoms with van der Waals surface area (Å²) in [5.74, 6) is -1.99. The summed E-state index contributed by atoms with van der Waals surface area (Å²) in [6, 6.07) is 4.10. The summed E-state index contributed by atoms with van der Waals surface area (Å²) < 4.78 is 0. The van der Waals surface area contributed by atoms with Crippen molar-refractivity contribution in [2.75, 3.05) is 18.9 Å². The van der Waals surface area contributed by atoms with Crippen LogP contribution in [0.3, 0.4) is 0 Å². The maximum absolute atomic E-state index is 13.0. The molecule has 3 rings (SSSR count). The van der Waals surface area contributed by atoms with Gasteiger partial charge in [-0.25, -0.2) is 0 Å². The van der Waals surface area contributed by atoms with Crippen molar-refractivity contribution in [3.8, 4) is 0 Å². The third kappa shape index (κ3) is 3.57. The highest BCUT2D eigenvalue weighted by atomic mass is 16.2. The number of hydrogen-bond donors (Lipinski definition) is 3. The van der Waals surface area contributed by atoms with Crippen molar-refractivity contribution in [3.63, 3.8) is 0 Å². The van der Waals surface area contributed by atoms with E-state index in [4.69, 9.17) is 0 Å². The molecular weight excluding hydrogens is 348 g/mol. The Morgan fingerprint density at radius 2 is 1.93 bits per heavy atom. The van der Waals surface area contributed by atoms with Crippen LogP contribution in [-0.4, -0.2) is 53.7 Å². The second-order valence-electron chi connectivity index (χ2n) is 7.49. The first-order valence-corrected chi connectivity index (χ1v) is 9.02. The van der Waals surface area contributed by atoms with Crippen LogP contribution in [0.5, 0.6) is 0 Å². The minimum atomic E-state index is -0.953. The predicted octanol–water partition coefficient (Wildman–Crippen LogP) is 0.888. The average Bonchev–Trinajstić information content (AvgIpc) is 2.87. The van der Waals surface area contributed by atoms with E-state index < -0.39 is 23.8 Å². The van der Waals surface area contributed by atoms with E-state index in [1.807, 2.05) is 7.05 Å². The van der Waals surface area contributed by atoms with Crippen LogP contribution >= 0.6 is 0 Å². The van der Waals surface area contributed by atoms with Gasteiger partial charge in [-0.15, -0.1) is 0 Å². The Morgan fingerprint density at radius 1 is 1.19 bits per heavy atom. The summed E-state index contributed by atoms with van der Waals surface area (Å²) in [6.45, 7) is 4.76. The number of nitrogens with one attached hydrogen (secondary N) is 3. The fourth-order valence-corrected chi connectivity index (χ4v) is 3.30. The molecule has 2 aliphatic rings. The standard InChI is InChI=1S/C19H24N4O4/c1-19(2,20-3)9-10-21-12-6-4-5-11-15(12)18(27)23(17(11)26)13-7-8-14(24)22-16(13)25/h4-6,13,20-21H,7-10H2,1-3H3,(H,22,24,25). The second-order valence-corrected chi connectivity index (χ2v) is 7.49. The molecule has 0 bridgehead atoms. The number of fused-ring (bicyclic) bond motifs is 1. The van der Waals surface area contributed by atoms with Crippen molar-refractivity contribution in [1.29, 1.82) is 0 Å². The van der Waals surface area contributed by atoms with Gasteiger partial charge in [-0.3, -0.25) is 29.4 Å². The predicted molar refractivity (Wildman–Crippen MR) is 99.4 cm³/mol. The van der Waals surface area contributed by atoms with Crippen LogP contribution in [0.15, 0.2) is 18.2 Å². The zero-order chi connectivity index (χ0) is 19.8. The SMILES string of the molecule is CNC(C)(C)CCNc1cccc2c1C(=O)N(C1CCC(=O)NC1=O)C2=O. The summed E-state index contributed by atoms with van der Waals surface area (Å²) in [5, 5.41) is 8.65. The number of anilines is 1. The molecule has 1 fully saturated rings. The molecule has 2 heterocycles. The molecule has 1 saturated heterocycles. The Bertz CT molecular complexity index is 818. The number of nitrogens with zero attached hydrogens (tertiary/aromatic N) is 1. The van der Waals surface area contributed by atoms with Crippen molar-refractivity contribution in [1.82, 2.24) is 15.5 Å². The molecule has 27 heavy (non-hydrogen) atoms. The van der Waals surface area contributed by atoms with Crippen LogP contribution in [0, 0.1) is 0 Å². The van der Waals surface area contributed by atoms with Crippen LogP contribution in [0.4, 0.5) is 5.69 Å². The van der Waals surface area contributed by atoms with Crippen LogP contribution < -0.4 is 16.0 Å². The number of piperidine rings is 1. The molecule has 0 radical (unpaired) electrons. The first kappa shape index (κ1) is 19.0. The van der Waals surface area contributed by atoms with Gasteiger partial charge < -0.3 is 10.6 Å². The van der Waals surface area contributed by atoms with Gasteiger partial charge in [0, 0.05) is 24.2 Å². The molecule has 1 aromatic carbocycles. The van der Waals surface area contributed by atoms with Gasteiger partial charge in [0.1, 0.15) is 6.04 Å². The molecular formula is C19H24N4O4. The molecule has 4 amide bonds. The highest BCUT2D eigenvalue weighted by Crippen LogP contribution is 2.32. The number of benzene rings is 1. The van der Waals surface area contributed by atoms with Gasteiger partial charge in [0.05, 0.1) is 11.1 Å². The topological polar surface area (TPSA) is 108 Å². The molecule has 0 spiro atoms. The zero-order valence-electron chi connectivity index (χ0n) is 15.7. The monoisotopic (exact) mass is 372 g/mol. The summed E-state index contributed by atoms with van der Waals surface area (Å²) >= 11 is 0. The number of carbonyl (C=O) groups excluding carboxylic acids is 4. The van der Waals surface area contributed by atoms with Gasteiger partial charge in [0.2, 0.25) is 11.8 Å². The minimum Gasteiger partial charge on any atom is -0.384 e. The first-order valence-electron chi connectivity index (χ1n) is 9.02. The molecule has 1 atom stereocenters. The van der Waals surface area contributed by atoms with Crippen molar-refractivity contribution in [3.05, 3.63) is 29.3 Å². The summed E-state index contributed by atoms with van der Waals surface area (Å²) in [4.78, 5) is 50.2. The Balaban J connectivity index is 1.82. The smallest absolute Gasteiger partial charge is 0.264 e. The maximum atomic E-state index is 13.0. The lowest BCUT2D eigenvalue weighted by atomic mass is 10.0. The number of carbonyl (C=O) groups is 4. The summed E-state index contributed by atoms with van der Waals surface area (Å²) in [6.07, 6.45) is 1.06. The van der Waals surface area contributed by atoms with Gasteiger partial charge in [-0.2, -0.15) is 0 Å². The summed E-state index contributed by atoms with van der Waals surface area (Å²) in [5.41, 5.74) is 1.08. The molecule has 8 heteroatoms. The maximum Gasteiger partial charge on any atom is 0.264 e. The first-order chi connectivity index (χ1) is 12.7. The fraction of sp³-hybridized carbons (Fsp3) is 0.474. The van der Waals surface area contributed by atoms with Crippen molar-refractivity contribution < 1.29 is 19.2 Å². The second kappa shape index (κ2) is 7.11. The number of hydrogen-bond acceptors (Lipinski definition) is 6. The van der Waals surface area contributed by atoms with Gasteiger partial charge in [0.25, 0.3) is 11.8 Å². The lowest BCUT2D eigenvalue weighted by Crippen LogP contribution is -2.54. The normalized spacial score (nSPS) is 20.0. The van der Waals surface area contributed by atoms with Gasteiger partial charge in [0.15, 0.2) is 0 Å². The van der Waals surface area contributed by atoms with Crippen LogP contribution in [0.1, 0.15) is 53.8 Å². The average molecular weight is 372 g/mol. The van der Waals surface area contributed by atoms with Gasteiger partial charge in [-0.05, 0) is 45.9 Å². The lowest BCUT2D eigenvalue weighted by Gasteiger charge is -2.28. The fourth-order valence-electron chi connectivity index (χ4n) is 3.30. The summed E-state index contributed by atoms with van der Waals surface area (Å²) in [7, 11) is 1.89. The van der Waals surface area contributed by atoms with Crippen molar-refractivity contribution >= 4 is 29.3 Å². The van der Waals surface area contributed by atoms with E-state index in [0.717, 1.165) is 11.3 Å². The third-order valence-electron chi connectivity index (χ3n) is 5.21. The molecule has 0 aliphatic carbocycles. The molecule has 8 nitrogen and oxygen atoms in total. The van der Waals surface area contributed by atoms with Crippen LogP contribution in [0.2, 0.25) is 0 Å². The van der Waals surface area contributed by atoms with Crippen molar-refractivity contribution in [2.45, 2.75) is 44.7 Å². The molecule has 3 N–H and O–H groups in total. The molecule has 0 aromatic heterocycles. The number of imide groups is 2. The molecule has 0 saturated carbocycles. The minimum absolute atomic E-state index is 0.0659. The van der Waals surface area contributed by atoms with Crippen LogP contribution in [-0.2, 0) is 9.59 Å². The number of rotatable bonds is 6.